The van der Waals surface area contributed by atoms with E-state index in [1.807, 2.05) is 0 Å². The van der Waals surface area contributed by atoms with Gasteiger partial charge in [-0.15, -0.1) is 12.4 Å². The molecule has 0 saturated heterocycles. The Balaban J connectivity index is 0.00000196. The van der Waals surface area contributed by atoms with E-state index in [1.165, 1.54) is 13.2 Å². The fourth-order valence-corrected chi connectivity index (χ4v) is 1.17. The van der Waals surface area contributed by atoms with E-state index < -0.39 is 6.04 Å². The number of aromatic hydroxyl groups is 1. The maximum absolute atomic E-state index is 10.9. The van der Waals surface area contributed by atoms with Gasteiger partial charge in [0.15, 0.2) is 0 Å². The van der Waals surface area contributed by atoms with Crippen molar-refractivity contribution in [2.45, 2.75) is 12.5 Å². The Bertz CT molecular complexity index is 330. The second-order valence-corrected chi connectivity index (χ2v) is 2.95. The number of phenols is 1. The summed E-state index contributed by atoms with van der Waals surface area (Å²) >= 11 is 0. The molecular formula is C10H14ClNO3. The number of esters is 1. The number of benzene rings is 1. The van der Waals surface area contributed by atoms with Crippen LogP contribution in [0.1, 0.15) is 18.0 Å². The number of carbonyl (C=O) groups excluding carboxylic acids is 1. The van der Waals surface area contributed by atoms with E-state index in [0.29, 0.717) is 5.56 Å². The van der Waals surface area contributed by atoms with Gasteiger partial charge in [0.2, 0.25) is 0 Å². The second kappa shape index (κ2) is 6.27. The normalized spacial score (nSPS) is 11.3. The summed E-state index contributed by atoms with van der Waals surface area (Å²) in [7, 11) is 1.31. The lowest BCUT2D eigenvalue weighted by atomic mass is 10.0. The number of nitrogens with two attached hydrogens (primary N) is 1. The van der Waals surface area contributed by atoms with Gasteiger partial charge < -0.3 is 15.6 Å². The molecule has 0 unspecified atom stereocenters. The zero-order chi connectivity index (χ0) is 10.6. The van der Waals surface area contributed by atoms with Crippen molar-refractivity contribution in [2.24, 2.45) is 5.73 Å². The molecule has 0 aliphatic heterocycles. The minimum atomic E-state index is -0.524. The molecule has 0 aliphatic rings. The van der Waals surface area contributed by atoms with Crippen molar-refractivity contribution < 1.29 is 14.6 Å². The number of ether oxygens (including phenoxy) is 1. The highest BCUT2D eigenvalue weighted by Gasteiger charge is 2.14. The maximum Gasteiger partial charge on any atom is 0.307 e. The van der Waals surface area contributed by atoms with Gasteiger partial charge in [0.1, 0.15) is 5.75 Å². The second-order valence-electron chi connectivity index (χ2n) is 2.95. The van der Waals surface area contributed by atoms with E-state index in [4.69, 9.17) is 5.73 Å². The van der Waals surface area contributed by atoms with Crippen molar-refractivity contribution in [2.75, 3.05) is 7.11 Å². The summed E-state index contributed by atoms with van der Waals surface area (Å²) in [6.07, 6.45) is 0.0636. The Kier molecular flexibility index (Phi) is 5.74. The summed E-state index contributed by atoms with van der Waals surface area (Å²) in [5, 5.41) is 9.43. The third-order valence-corrected chi connectivity index (χ3v) is 1.95. The molecule has 3 N–H and O–H groups in total. The Hall–Kier alpha value is -1.26. The molecule has 0 aliphatic carbocycles. The van der Waals surface area contributed by atoms with Crippen molar-refractivity contribution in [1.82, 2.24) is 0 Å². The molecule has 1 aromatic rings. The number of hydrogen-bond acceptors (Lipinski definition) is 4. The van der Waals surface area contributed by atoms with Gasteiger partial charge >= 0.3 is 5.97 Å². The highest BCUT2D eigenvalue weighted by atomic mass is 35.5. The lowest BCUT2D eigenvalue weighted by molar-refractivity contribution is -0.141. The van der Waals surface area contributed by atoms with E-state index in [1.54, 1.807) is 18.2 Å². The minimum absolute atomic E-state index is 0. The molecule has 0 amide bonds. The average molecular weight is 232 g/mol. The smallest absolute Gasteiger partial charge is 0.307 e. The van der Waals surface area contributed by atoms with Gasteiger partial charge in [0.05, 0.1) is 13.5 Å². The third-order valence-electron chi connectivity index (χ3n) is 1.95. The van der Waals surface area contributed by atoms with Crippen LogP contribution < -0.4 is 5.73 Å². The number of carbonyl (C=O) groups is 1. The number of para-hydroxylation sites is 1. The highest BCUT2D eigenvalue weighted by molar-refractivity contribution is 5.85. The zero-order valence-corrected chi connectivity index (χ0v) is 9.16. The molecule has 4 nitrogen and oxygen atoms in total. The van der Waals surface area contributed by atoms with Crippen LogP contribution in [-0.4, -0.2) is 18.2 Å². The van der Waals surface area contributed by atoms with E-state index >= 15 is 0 Å². The highest BCUT2D eigenvalue weighted by Crippen LogP contribution is 2.23. The molecule has 1 atom stereocenters. The summed E-state index contributed by atoms with van der Waals surface area (Å²) < 4.78 is 4.48. The lowest BCUT2D eigenvalue weighted by Gasteiger charge is -2.11. The standard InChI is InChI=1S/C10H13NO3.ClH/c1-14-10(13)6-8(11)7-4-2-3-5-9(7)12;/h2-5,8,12H,6,11H2,1H3;1H/t8-;/m0./s1. The summed E-state index contributed by atoms with van der Waals surface area (Å²) in [6, 6.07) is 6.15. The first-order valence-corrected chi connectivity index (χ1v) is 4.25. The van der Waals surface area contributed by atoms with Crippen LogP contribution in [-0.2, 0) is 9.53 Å². The predicted molar refractivity (Wildman–Crippen MR) is 58.9 cm³/mol. The lowest BCUT2D eigenvalue weighted by Crippen LogP contribution is -2.16. The fraction of sp³-hybridized carbons (Fsp3) is 0.300. The summed E-state index contributed by atoms with van der Waals surface area (Å²) in [6.45, 7) is 0. The van der Waals surface area contributed by atoms with Crippen molar-refractivity contribution in [1.29, 1.82) is 0 Å². The topological polar surface area (TPSA) is 72.5 Å². The molecule has 84 valence electrons. The maximum atomic E-state index is 10.9. The molecule has 0 bridgehead atoms. The monoisotopic (exact) mass is 231 g/mol. The Labute approximate surface area is 94.5 Å². The van der Waals surface area contributed by atoms with Crippen LogP contribution in [0.4, 0.5) is 0 Å². The first-order valence-electron chi connectivity index (χ1n) is 4.25. The molecule has 0 spiro atoms. The molecule has 5 heteroatoms. The van der Waals surface area contributed by atoms with Crippen molar-refractivity contribution in [3.63, 3.8) is 0 Å². The third kappa shape index (κ3) is 3.77. The van der Waals surface area contributed by atoms with Crippen LogP contribution in [0.5, 0.6) is 5.75 Å². The van der Waals surface area contributed by atoms with Gasteiger partial charge in [-0.05, 0) is 6.07 Å². The SMILES string of the molecule is COC(=O)C[C@H](N)c1ccccc1O.Cl. The van der Waals surface area contributed by atoms with Crippen LogP contribution in [0.3, 0.4) is 0 Å². The molecule has 1 aromatic carbocycles. The van der Waals surface area contributed by atoms with Gasteiger partial charge in [0.25, 0.3) is 0 Å². The van der Waals surface area contributed by atoms with Gasteiger partial charge in [-0.2, -0.15) is 0 Å². The van der Waals surface area contributed by atoms with Gasteiger partial charge in [-0.3, -0.25) is 4.79 Å². The molecule has 0 saturated carbocycles. The first kappa shape index (κ1) is 13.7. The van der Waals surface area contributed by atoms with E-state index in [-0.39, 0.29) is 30.5 Å². The van der Waals surface area contributed by atoms with E-state index in [0.717, 1.165) is 0 Å². The molecule has 0 aromatic heterocycles. The quantitative estimate of drug-likeness (QED) is 0.771. The van der Waals surface area contributed by atoms with E-state index in [9.17, 15) is 9.90 Å². The van der Waals surface area contributed by atoms with Crippen LogP contribution in [0, 0.1) is 0 Å². The Morgan fingerprint density at radius 2 is 2.13 bits per heavy atom. The molecule has 0 radical (unpaired) electrons. The number of methoxy groups -OCH3 is 1. The van der Waals surface area contributed by atoms with Crippen molar-refractivity contribution in [3.8, 4) is 5.75 Å². The fourth-order valence-electron chi connectivity index (χ4n) is 1.17. The summed E-state index contributed by atoms with van der Waals surface area (Å²) in [5.74, 6) is -0.287. The Morgan fingerprint density at radius 3 is 2.67 bits per heavy atom. The van der Waals surface area contributed by atoms with Gasteiger partial charge in [-0.25, -0.2) is 0 Å². The van der Waals surface area contributed by atoms with Crippen LogP contribution in [0.15, 0.2) is 24.3 Å². The van der Waals surface area contributed by atoms with Crippen molar-refractivity contribution in [3.05, 3.63) is 29.8 Å². The molecular weight excluding hydrogens is 218 g/mol. The summed E-state index contributed by atoms with van der Waals surface area (Å²) in [5.41, 5.74) is 6.27. The largest absolute Gasteiger partial charge is 0.508 e. The first-order chi connectivity index (χ1) is 6.65. The Morgan fingerprint density at radius 1 is 1.53 bits per heavy atom. The number of phenolic OH excluding ortho intramolecular Hbond substituents is 1. The number of halogens is 1. The van der Waals surface area contributed by atoms with Crippen LogP contribution in [0.25, 0.3) is 0 Å². The molecule has 0 heterocycles. The average Bonchev–Trinajstić information content (AvgIpc) is 2.18. The zero-order valence-electron chi connectivity index (χ0n) is 8.34. The van der Waals surface area contributed by atoms with Gasteiger partial charge in [0, 0.05) is 11.6 Å². The molecule has 15 heavy (non-hydrogen) atoms. The van der Waals surface area contributed by atoms with E-state index in [2.05, 4.69) is 4.74 Å². The predicted octanol–water partition coefficient (Wildman–Crippen LogP) is 1.38. The van der Waals surface area contributed by atoms with Crippen molar-refractivity contribution >= 4 is 18.4 Å². The molecule has 1 rings (SSSR count). The molecule has 0 fully saturated rings. The van der Waals surface area contributed by atoms with Crippen LogP contribution in [0.2, 0.25) is 0 Å². The number of rotatable bonds is 3. The minimum Gasteiger partial charge on any atom is -0.508 e. The van der Waals surface area contributed by atoms with Crippen LogP contribution >= 0.6 is 12.4 Å². The summed E-state index contributed by atoms with van der Waals surface area (Å²) in [4.78, 5) is 10.9. The number of hydrogen-bond donors (Lipinski definition) is 2. The van der Waals surface area contributed by atoms with Gasteiger partial charge in [-0.1, -0.05) is 18.2 Å².